The Morgan fingerprint density at radius 1 is 1.03 bits per heavy atom. The molecule has 0 aliphatic carbocycles. The number of amides is 1. The van der Waals surface area contributed by atoms with E-state index in [0.29, 0.717) is 24.6 Å². The highest BCUT2D eigenvalue weighted by molar-refractivity contribution is 5.92. The van der Waals surface area contributed by atoms with Crippen molar-refractivity contribution in [3.8, 4) is 0 Å². The second-order valence-electron chi connectivity index (χ2n) is 7.48. The number of para-hydroxylation sites is 1. The highest BCUT2D eigenvalue weighted by Gasteiger charge is 2.23. The lowest BCUT2D eigenvalue weighted by Crippen LogP contribution is -2.44. The van der Waals surface area contributed by atoms with E-state index >= 15 is 0 Å². The molecule has 0 bridgehead atoms. The minimum atomic E-state index is -0.566. The molecule has 9 heteroatoms. The van der Waals surface area contributed by atoms with E-state index in [4.69, 9.17) is 0 Å². The van der Waals surface area contributed by atoms with Gasteiger partial charge in [0.05, 0.1) is 0 Å². The average Bonchev–Trinajstić information content (AvgIpc) is 3.15. The number of aliphatic hydroxyl groups is 1. The van der Waals surface area contributed by atoms with Crippen molar-refractivity contribution in [2.45, 2.75) is 59.4 Å². The van der Waals surface area contributed by atoms with Crippen LogP contribution in [0.2, 0.25) is 0 Å². The molecule has 0 saturated heterocycles. The summed E-state index contributed by atoms with van der Waals surface area (Å²) in [5.41, 5.74) is 0.0546. The molecule has 0 aliphatic heterocycles. The van der Waals surface area contributed by atoms with Gasteiger partial charge in [0, 0.05) is 25.8 Å². The fraction of sp³-hybridized carbons (Fsp3) is 0.455. The number of benzene rings is 1. The van der Waals surface area contributed by atoms with Crippen molar-refractivity contribution < 1.29 is 9.90 Å². The van der Waals surface area contributed by atoms with E-state index in [9.17, 15) is 19.5 Å². The van der Waals surface area contributed by atoms with Crippen LogP contribution >= 0.6 is 0 Å². The maximum Gasteiger partial charge on any atom is 0.333 e. The Morgan fingerprint density at radius 2 is 1.74 bits per heavy atom. The first-order valence-corrected chi connectivity index (χ1v) is 10.6. The van der Waals surface area contributed by atoms with Crippen molar-refractivity contribution in [2.75, 3.05) is 11.9 Å². The number of aryl methyl sites for hydroxylation is 2. The quantitative estimate of drug-likeness (QED) is 0.560. The smallest absolute Gasteiger partial charge is 0.333 e. The molecule has 9 nitrogen and oxygen atoms in total. The van der Waals surface area contributed by atoms with Crippen molar-refractivity contribution >= 4 is 22.8 Å². The van der Waals surface area contributed by atoms with E-state index in [1.807, 2.05) is 32.0 Å². The molecule has 31 heavy (non-hydrogen) atoms. The molecule has 0 aliphatic rings. The van der Waals surface area contributed by atoms with E-state index in [0.717, 1.165) is 23.8 Å². The number of imidazole rings is 1. The number of aliphatic hydroxyl groups excluding tert-OH is 1. The molecule has 2 heterocycles. The number of anilines is 1. The second-order valence-corrected chi connectivity index (χ2v) is 7.48. The normalized spacial score (nSPS) is 11.2. The molecule has 166 valence electrons. The van der Waals surface area contributed by atoms with Crippen molar-refractivity contribution in [1.29, 1.82) is 0 Å². The molecule has 0 saturated carbocycles. The zero-order chi connectivity index (χ0) is 22.5. The number of hydrogen-bond donors (Lipinski definition) is 1. The van der Waals surface area contributed by atoms with Gasteiger partial charge in [-0.25, -0.2) is 14.3 Å². The van der Waals surface area contributed by atoms with Gasteiger partial charge in [-0.2, -0.15) is 0 Å². The molecule has 1 aromatic carbocycles. The maximum atomic E-state index is 13.3. The molecule has 1 amide bonds. The number of carbonyl (C=O) groups excluding carboxylic acids is 1. The Balaban J connectivity index is 2.16. The molecular formula is C22H29N5O4. The molecule has 3 aromatic rings. The van der Waals surface area contributed by atoms with Crippen LogP contribution in [-0.4, -0.2) is 36.7 Å². The predicted octanol–water partition coefficient (Wildman–Crippen LogP) is 1.73. The summed E-state index contributed by atoms with van der Waals surface area (Å²) in [6, 6.07) is 9.05. The zero-order valence-electron chi connectivity index (χ0n) is 18.2. The van der Waals surface area contributed by atoms with Crippen molar-refractivity contribution in [1.82, 2.24) is 18.7 Å². The van der Waals surface area contributed by atoms with Crippen LogP contribution in [0.15, 0.2) is 39.9 Å². The molecule has 1 N–H and O–H groups in total. The summed E-state index contributed by atoms with van der Waals surface area (Å²) in [4.78, 5) is 45.3. The molecule has 0 spiro atoms. The Kier molecular flexibility index (Phi) is 7.06. The third kappa shape index (κ3) is 4.32. The van der Waals surface area contributed by atoms with Gasteiger partial charge in [-0.15, -0.1) is 0 Å². The molecule has 2 aromatic heterocycles. The van der Waals surface area contributed by atoms with Gasteiger partial charge >= 0.3 is 5.69 Å². The zero-order valence-corrected chi connectivity index (χ0v) is 18.2. The van der Waals surface area contributed by atoms with Crippen LogP contribution in [0.1, 0.15) is 38.9 Å². The molecule has 0 unspecified atom stereocenters. The number of likely N-dealkylation sites (N-methyl/N-ethyl adjacent to an activating group) is 1. The Labute approximate surface area is 180 Å². The number of carbonyl (C=O) groups is 1. The van der Waals surface area contributed by atoms with Gasteiger partial charge in [0.15, 0.2) is 11.2 Å². The standard InChI is InChI=1S/C22H29N5O4/c1-4-6-13-26-20-19(25(12-5-2)17(15-28)23-20)21(30)27(22(26)31)14-18(29)24(3)16-10-8-7-9-11-16/h7-11,28H,4-6,12-15H2,1-3H3. The van der Waals surface area contributed by atoms with Crippen LogP contribution in [0.4, 0.5) is 5.69 Å². The van der Waals surface area contributed by atoms with E-state index < -0.39 is 11.2 Å². The summed E-state index contributed by atoms with van der Waals surface area (Å²) < 4.78 is 4.08. The van der Waals surface area contributed by atoms with Gasteiger partial charge in [0.25, 0.3) is 5.56 Å². The summed E-state index contributed by atoms with van der Waals surface area (Å²) in [5, 5.41) is 9.75. The van der Waals surface area contributed by atoms with Gasteiger partial charge in [0.1, 0.15) is 19.0 Å². The van der Waals surface area contributed by atoms with E-state index in [1.165, 1.54) is 9.47 Å². The Bertz CT molecular complexity index is 1180. The fourth-order valence-electron chi connectivity index (χ4n) is 3.61. The van der Waals surface area contributed by atoms with E-state index in [2.05, 4.69) is 4.98 Å². The summed E-state index contributed by atoms with van der Waals surface area (Å²) >= 11 is 0. The van der Waals surface area contributed by atoms with E-state index in [-0.39, 0.29) is 30.2 Å². The Morgan fingerprint density at radius 3 is 2.35 bits per heavy atom. The monoisotopic (exact) mass is 427 g/mol. The van der Waals surface area contributed by atoms with Crippen LogP contribution < -0.4 is 16.1 Å². The molecule has 0 atom stereocenters. The summed E-state index contributed by atoms with van der Waals surface area (Å²) in [7, 11) is 1.61. The first kappa shape index (κ1) is 22.5. The first-order chi connectivity index (χ1) is 14.9. The van der Waals surface area contributed by atoms with Crippen molar-refractivity contribution in [2.24, 2.45) is 0 Å². The van der Waals surface area contributed by atoms with Crippen LogP contribution in [-0.2, 0) is 31.0 Å². The highest BCUT2D eigenvalue weighted by Crippen LogP contribution is 2.15. The van der Waals surface area contributed by atoms with E-state index in [1.54, 1.807) is 23.7 Å². The van der Waals surface area contributed by atoms with Gasteiger partial charge in [-0.1, -0.05) is 38.5 Å². The van der Waals surface area contributed by atoms with Gasteiger partial charge in [-0.05, 0) is 25.0 Å². The number of hydrogen-bond acceptors (Lipinski definition) is 5. The first-order valence-electron chi connectivity index (χ1n) is 10.6. The lowest BCUT2D eigenvalue weighted by molar-refractivity contribution is -0.119. The van der Waals surface area contributed by atoms with Gasteiger partial charge in [0.2, 0.25) is 5.91 Å². The fourth-order valence-corrected chi connectivity index (χ4v) is 3.61. The molecule has 0 fully saturated rings. The second kappa shape index (κ2) is 9.74. The number of fused-ring (bicyclic) bond motifs is 1. The SMILES string of the molecule is CCCCn1c(=O)n(CC(=O)N(C)c2ccccc2)c(=O)c2c1nc(CO)n2CCC. The minimum absolute atomic E-state index is 0.247. The van der Waals surface area contributed by atoms with Gasteiger partial charge in [-0.3, -0.25) is 14.2 Å². The third-order valence-corrected chi connectivity index (χ3v) is 5.33. The summed E-state index contributed by atoms with van der Waals surface area (Å²) in [6.07, 6.45) is 2.30. The molecule has 0 radical (unpaired) electrons. The summed E-state index contributed by atoms with van der Waals surface area (Å²) in [5.74, 6) is -0.0418. The minimum Gasteiger partial charge on any atom is -0.388 e. The molecular weight excluding hydrogens is 398 g/mol. The molecule has 3 rings (SSSR count). The highest BCUT2D eigenvalue weighted by atomic mass is 16.3. The number of aromatic nitrogens is 4. The number of nitrogens with zero attached hydrogens (tertiary/aromatic N) is 5. The predicted molar refractivity (Wildman–Crippen MR) is 119 cm³/mol. The van der Waals surface area contributed by atoms with Crippen LogP contribution in [0.3, 0.4) is 0 Å². The van der Waals surface area contributed by atoms with Crippen molar-refractivity contribution in [3.05, 3.63) is 57.0 Å². The third-order valence-electron chi connectivity index (χ3n) is 5.33. The van der Waals surface area contributed by atoms with Gasteiger partial charge < -0.3 is 14.6 Å². The topological polar surface area (TPSA) is 102 Å². The summed E-state index contributed by atoms with van der Waals surface area (Å²) in [6.45, 7) is 4.10. The van der Waals surface area contributed by atoms with Crippen molar-refractivity contribution in [3.63, 3.8) is 0 Å². The average molecular weight is 428 g/mol. The largest absolute Gasteiger partial charge is 0.388 e. The lowest BCUT2D eigenvalue weighted by Gasteiger charge is -2.18. The lowest BCUT2D eigenvalue weighted by atomic mass is 10.3. The van der Waals surface area contributed by atoms with Crippen LogP contribution in [0, 0.1) is 0 Å². The van der Waals surface area contributed by atoms with Crippen LogP contribution in [0.25, 0.3) is 11.2 Å². The van der Waals surface area contributed by atoms with Crippen LogP contribution in [0.5, 0.6) is 0 Å². The number of rotatable bonds is 9. The Hall–Kier alpha value is -3.20. The maximum absolute atomic E-state index is 13.3. The number of unbranched alkanes of at least 4 members (excludes halogenated alkanes) is 1.